The fraction of sp³-hybridized carbons (Fsp3) is 0.895. The molecule has 2 aliphatic rings. The first-order valence-electron chi connectivity index (χ1n) is 9.21. The van der Waals surface area contributed by atoms with E-state index in [4.69, 9.17) is 0 Å². The molecule has 1 saturated carbocycles. The zero-order valence-electron chi connectivity index (χ0n) is 15.5. The zero-order valence-corrected chi connectivity index (χ0v) is 15.5. The second-order valence-corrected chi connectivity index (χ2v) is 7.84. The normalized spacial score (nSPS) is 21.7. The Hall–Kier alpha value is -0.900. The Morgan fingerprint density at radius 3 is 2.13 bits per heavy atom. The van der Waals surface area contributed by atoms with E-state index < -0.39 is 0 Å². The molecule has 1 aliphatic carbocycles. The Kier molecular flexibility index (Phi) is 8.24. The molecular weight excluding hydrogens is 290 g/mol. The van der Waals surface area contributed by atoms with Gasteiger partial charge in [-0.3, -0.25) is 9.59 Å². The SMILES string of the molecule is CC(C)(C)OC=O.CCC(=O)C1(C2CCCCC2)CCNCC1. The third-order valence-corrected chi connectivity index (χ3v) is 5.16. The summed E-state index contributed by atoms with van der Waals surface area (Å²) in [4.78, 5) is 22.0. The number of hydrogen-bond donors (Lipinski definition) is 1. The molecule has 0 aromatic carbocycles. The van der Waals surface area contributed by atoms with Crippen LogP contribution in [0.5, 0.6) is 0 Å². The number of piperidine rings is 1. The number of carbonyl (C=O) groups excluding carboxylic acids is 2. The van der Waals surface area contributed by atoms with E-state index in [0.717, 1.165) is 32.4 Å². The second-order valence-electron chi connectivity index (χ2n) is 7.84. The highest BCUT2D eigenvalue weighted by Gasteiger charge is 2.44. The monoisotopic (exact) mass is 325 g/mol. The Labute approximate surface area is 141 Å². The predicted octanol–water partition coefficient (Wildman–Crippen LogP) is 3.87. The summed E-state index contributed by atoms with van der Waals surface area (Å²) in [6.45, 7) is 10.0. The zero-order chi connectivity index (χ0) is 17.3. The smallest absolute Gasteiger partial charge is 0.293 e. The van der Waals surface area contributed by atoms with Crippen LogP contribution in [0.2, 0.25) is 0 Å². The fourth-order valence-corrected chi connectivity index (χ4v) is 3.94. The van der Waals surface area contributed by atoms with E-state index in [-0.39, 0.29) is 11.0 Å². The highest BCUT2D eigenvalue weighted by molar-refractivity contribution is 5.85. The van der Waals surface area contributed by atoms with Gasteiger partial charge in [0.05, 0.1) is 0 Å². The van der Waals surface area contributed by atoms with Crippen molar-refractivity contribution in [3.8, 4) is 0 Å². The number of ketones is 1. The van der Waals surface area contributed by atoms with Crippen LogP contribution in [0.3, 0.4) is 0 Å². The third-order valence-electron chi connectivity index (χ3n) is 5.16. The molecule has 0 spiro atoms. The van der Waals surface area contributed by atoms with Crippen molar-refractivity contribution in [2.45, 2.75) is 84.7 Å². The minimum Gasteiger partial charge on any atom is -0.462 e. The van der Waals surface area contributed by atoms with E-state index in [9.17, 15) is 9.59 Å². The van der Waals surface area contributed by atoms with Gasteiger partial charge < -0.3 is 10.1 Å². The van der Waals surface area contributed by atoms with Crippen molar-refractivity contribution in [1.29, 1.82) is 0 Å². The molecule has 2 fully saturated rings. The summed E-state index contributed by atoms with van der Waals surface area (Å²) in [6.07, 6.45) is 9.57. The summed E-state index contributed by atoms with van der Waals surface area (Å²) in [5, 5.41) is 3.41. The lowest BCUT2D eigenvalue weighted by Crippen LogP contribution is -2.47. The lowest BCUT2D eigenvalue weighted by atomic mass is 9.61. The summed E-state index contributed by atoms with van der Waals surface area (Å²) in [7, 11) is 0. The molecule has 134 valence electrons. The summed E-state index contributed by atoms with van der Waals surface area (Å²) < 4.78 is 4.55. The minimum absolute atomic E-state index is 0.0560. The molecule has 1 aliphatic heterocycles. The van der Waals surface area contributed by atoms with Crippen molar-refractivity contribution in [2.75, 3.05) is 13.1 Å². The van der Waals surface area contributed by atoms with Gasteiger partial charge in [-0.25, -0.2) is 0 Å². The van der Waals surface area contributed by atoms with Crippen LogP contribution in [-0.2, 0) is 14.3 Å². The first kappa shape index (κ1) is 20.1. The van der Waals surface area contributed by atoms with Crippen LogP contribution in [0.25, 0.3) is 0 Å². The van der Waals surface area contributed by atoms with E-state index in [1.807, 2.05) is 27.7 Å². The van der Waals surface area contributed by atoms with Crippen LogP contribution >= 0.6 is 0 Å². The molecule has 1 saturated heterocycles. The van der Waals surface area contributed by atoms with E-state index >= 15 is 0 Å². The van der Waals surface area contributed by atoms with E-state index in [1.54, 1.807) is 0 Å². The summed E-state index contributed by atoms with van der Waals surface area (Å²) in [6, 6.07) is 0. The van der Waals surface area contributed by atoms with Crippen molar-refractivity contribution < 1.29 is 14.3 Å². The maximum atomic E-state index is 12.4. The topological polar surface area (TPSA) is 55.4 Å². The van der Waals surface area contributed by atoms with Gasteiger partial charge in [0.2, 0.25) is 0 Å². The van der Waals surface area contributed by atoms with Crippen molar-refractivity contribution in [3.63, 3.8) is 0 Å². The molecule has 4 heteroatoms. The number of rotatable bonds is 4. The molecule has 0 radical (unpaired) electrons. The molecule has 0 amide bonds. The summed E-state index contributed by atoms with van der Waals surface area (Å²) >= 11 is 0. The van der Waals surface area contributed by atoms with Gasteiger partial charge in [0.15, 0.2) is 0 Å². The first-order chi connectivity index (χ1) is 10.9. The van der Waals surface area contributed by atoms with Gasteiger partial charge in [-0.1, -0.05) is 26.2 Å². The van der Waals surface area contributed by atoms with Crippen molar-refractivity contribution in [3.05, 3.63) is 0 Å². The molecule has 0 aromatic heterocycles. The van der Waals surface area contributed by atoms with Crippen molar-refractivity contribution in [2.24, 2.45) is 11.3 Å². The lowest BCUT2D eigenvalue weighted by molar-refractivity contribution is -0.138. The third kappa shape index (κ3) is 6.25. The van der Waals surface area contributed by atoms with Gasteiger partial charge in [-0.15, -0.1) is 0 Å². The molecule has 0 aromatic rings. The molecule has 0 unspecified atom stereocenters. The van der Waals surface area contributed by atoms with Crippen LogP contribution in [0.4, 0.5) is 0 Å². The van der Waals surface area contributed by atoms with Crippen LogP contribution in [0.15, 0.2) is 0 Å². The van der Waals surface area contributed by atoms with Crippen molar-refractivity contribution >= 4 is 12.3 Å². The number of nitrogens with one attached hydrogen (secondary N) is 1. The molecule has 0 bridgehead atoms. The second kappa shape index (κ2) is 9.41. The van der Waals surface area contributed by atoms with Crippen LogP contribution in [-0.4, -0.2) is 30.9 Å². The number of hydrogen-bond acceptors (Lipinski definition) is 4. The van der Waals surface area contributed by atoms with Gasteiger partial charge in [-0.05, 0) is 65.5 Å². The maximum absolute atomic E-state index is 12.4. The van der Waals surface area contributed by atoms with Gasteiger partial charge in [0.1, 0.15) is 11.4 Å². The number of Topliss-reactive ketones (excluding diaryl/α,β-unsaturated/α-hetero) is 1. The van der Waals surface area contributed by atoms with Crippen molar-refractivity contribution in [1.82, 2.24) is 5.32 Å². The van der Waals surface area contributed by atoms with Gasteiger partial charge in [0.25, 0.3) is 6.47 Å². The average molecular weight is 325 g/mol. The molecule has 0 atom stereocenters. The van der Waals surface area contributed by atoms with E-state index in [2.05, 4.69) is 10.1 Å². The van der Waals surface area contributed by atoms with Gasteiger partial charge in [-0.2, -0.15) is 0 Å². The van der Waals surface area contributed by atoms with Gasteiger partial charge in [0, 0.05) is 11.8 Å². The fourth-order valence-electron chi connectivity index (χ4n) is 3.94. The molecular formula is C19H35NO3. The predicted molar refractivity (Wildman–Crippen MR) is 93.3 cm³/mol. The first-order valence-corrected chi connectivity index (χ1v) is 9.21. The van der Waals surface area contributed by atoms with Crippen LogP contribution < -0.4 is 5.32 Å². The quantitative estimate of drug-likeness (QED) is 0.797. The standard InChI is InChI=1S/C14H25NO.C5H10O2/c1-2-13(16)14(8-10-15-11-9-14)12-6-4-3-5-7-12;1-5(2,3)7-4-6/h12,15H,2-11H2,1H3;4H,1-3H3. The highest BCUT2D eigenvalue weighted by Crippen LogP contribution is 2.45. The lowest BCUT2D eigenvalue weighted by Gasteiger charge is -2.44. The number of ether oxygens (including phenoxy) is 1. The van der Waals surface area contributed by atoms with Gasteiger partial charge >= 0.3 is 0 Å². The molecule has 1 N–H and O–H groups in total. The maximum Gasteiger partial charge on any atom is 0.293 e. The number of carbonyl (C=O) groups is 2. The molecule has 4 nitrogen and oxygen atoms in total. The largest absolute Gasteiger partial charge is 0.462 e. The molecule has 1 heterocycles. The Morgan fingerprint density at radius 2 is 1.74 bits per heavy atom. The highest BCUT2D eigenvalue weighted by atomic mass is 16.5. The molecule has 2 rings (SSSR count). The summed E-state index contributed by atoms with van der Waals surface area (Å²) in [5.74, 6) is 1.23. The summed E-state index contributed by atoms with van der Waals surface area (Å²) in [5.41, 5.74) is -0.262. The van der Waals surface area contributed by atoms with E-state index in [1.165, 1.54) is 32.1 Å². The minimum atomic E-state index is -0.318. The average Bonchev–Trinajstić information content (AvgIpc) is 2.55. The van der Waals surface area contributed by atoms with Crippen LogP contribution in [0.1, 0.15) is 79.1 Å². The Morgan fingerprint density at radius 1 is 1.17 bits per heavy atom. The molecule has 23 heavy (non-hydrogen) atoms. The Bertz CT molecular complexity index is 361. The Balaban J connectivity index is 0.000000322. The van der Waals surface area contributed by atoms with Crippen LogP contribution in [0, 0.1) is 11.3 Å². The van der Waals surface area contributed by atoms with E-state index in [0.29, 0.717) is 18.2 Å².